The molecule has 2 aromatic rings. The van der Waals surface area contributed by atoms with E-state index in [1.54, 1.807) is 7.11 Å². The molecule has 0 spiro atoms. The molecule has 0 saturated heterocycles. The molecule has 0 fully saturated rings. The Hall–Kier alpha value is -1.74. The quantitative estimate of drug-likeness (QED) is 0.804. The molecule has 3 heteroatoms. The third kappa shape index (κ3) is 1.82. The van der Waals surface area contributed by atoms with E-state index in [0.717, 1.165) is 28.1 Å². The van der Waals surface area contributed by atoms with E-state index in [9.17, 15) is 0 Å². The molecule has 0 radical (unpaired) electrons. The average molecular weight is 217 g/mol. The Balaban J connectivity index is 2.47. The Bertz CT molecular complexity index is 528. The van der Waals surface area contributed by atoms with Crippen molar-refractivity contribution in [1.82, 2.24) is 0 Å². The van der Waals surface area contributed by atoms with E-state index in [2.05, 4.69) is 6.58 Å². The molecule has 0 aliphatic heterocycles. The molecule has 3 nitrogen and oxygen atoms in total. The molecule has 1 unspecified atom stereocenters. The molecule has 1 heterocycles. The molecule has 1 aromatic carbocycles. The molecular weight excluding hydrogens is 202 g/mol. The number of rotatable bonds is 3. The van der Waals surface area contributed by atoms with Crippen molar-refractivity contribution in [2.75, 3.05) is 7.11 Å². The van der Waals surface area contributed by atoms with Crippen molar-refractivity contribution in [2.45, 2.75) is 13.0 Å². The van der Waals surface area contributed by atoms with Crippen LogP contribution in [0, 0.1) is 0 Å². The van der Waals surface area contributed by atoms with Crippen molar-refractivity contribution in [1.29, 1.82) is 0 Å². The molecule has 0 saturated carbocycles. The molecule has 1 atom stereocenters. The van der Waals surface area contributed by atoms with Gasteiger partial charge in [-0.05, 0) is 31.2 Å². The van der Waals surface area contributed by atoms with Crippen molar-refractivity contribution in [2.24, 2.45) is 5.73 Å². The van der Waals surface area contributed by atoms with Crippen LogP contribution < -0.4 is 10.5 Å². The van der Waals surface area contributed by atoms with Crippen molar-refractivity contribution in [3.63, 3.8) is 0 Å². The highest BCUT2D eigenvalue weighted by molar-refractivity contribution is 5.79. The van der Waals surface area contributed by atoms with Crippen LogP contribution >= 0.6 is 0 Å². The minimum atomic E-state index is -0.251. The fourth-order valence-corrected chi connectivity index (χ4v) is 1.57. The molecule has 2 N–H and O–H groups in total. The molecule has 0 amide bonds. The average Bonchev–Trinajstić information content (AvgIpc) is 2.69. The fraction of sp³-hybridized carbons (Fsp3) is 0.231. The second-order valence-electron chi connectivity index (χ2n) is 3.88. The summed E-state index contributed by atoms with van der Waals surface area (Å²) in [5, 5.41) is 0.992. The first-order valence-corrected chi connectivity index (χ1v) is 5.10. The van der Waals surface area contributed by atoms with Gasteiger partial charge in [0, 0.05) is 5.39 Å². The van der Waals surface area contributed by atoms with Gasteiger partial charge in [0.05, 0.1) is 13.2 Å². The van der Waals surface area contributed by atoms with Crippen LogP contribution in [0.2, 0.25) is 0 Å². The number of methoxy groups -OCH3 is 1. The lowest BCUT2D eigenvalue weighted by molar-refractivity contribution is 0.415. The maximum Gasteiger partial charge on any atom is 0.134 e. The van der Waals surface area contributed by atoms with Gasteiger partial charge in [-0.3, -0.25) is 0 Å². The van der Waals surface area contributed by atoms with Crippen LogP contribution in [-0.2, 0) is 0 Å². The van der Waals surface area contributed by atoms with E-state index in [1.165, 1.54) is 0 Å². The summed E-state index contributed by atoms with van der Waals surface area (Å²) in [6, 6.07) is 7.34. The van der Waals surface area contributed by atoms with Crippen molar-refractivity contribution in [3.8, 4) is 5.75 Å². The smallest absolute Gasteiger partial charge is 0.134 e. The number of nitrogens with two attached hydrogens (primary N) is 1. The lowest BCUT2D eigenvalue weighted by Crippen LogP contribution is -2.09. The second kappa shape index (κ2) is 4.02. The molecule has 0 bridgehead atoms. The van der Waals surface area contributed by atoms with Gasteiger partial charge in [0.15, 0.2) is 0 Å². The van der Waals surface area contributed by atoms with E-state index in [1.807, 2.05) is 31.2 Å². The summed E-state index contributed by atoms with van der Waals surface area (Å²) in [4.78, 5) is 0. The van der Waals surface area contributed by atoms with Gasteiger partial charge in [-0.2, -0.15) is 0 Å². The monoisotopic (exact) mass is 217 g/mol. The Labute approximate surface area is 94.5 Å². The summed E-state index contributed by atoms with van der Waals surface area (Å²) < 4.78 is 10.8. The zero-order valence-corrected chi connectivity index (χ0v) is 9.49. The minimum Gasteiger partial charge on any atom is -0.497 e. The predicted octanol–water partition coefficient (Wildman–Crippen LogP) is 3.02. The highest BCUT2D eigenvalue weighted by atomic mass is 16.5. The molecule has 16 heavy (non-hydrogen) atoms. The van der Waals surface area contributed by atoms with Crippen molar-refractivity contribution in [3.05, 3.63) is 42.2 Å². The van der Waals surface area contributed by atoms with Gasteiger partial charge in [0.1, 0.15) is 17.1 Å². The Morgan fingerprint density at radius 3 is 2.81 bits per heavy atom. The third-order valence-electron chi connectivity index (χ3n) is 2.58. The topological polar surface area (TPSA) is 48.4 Å². The number of ether oxygens (including phenoxy) is 1. The summed E-state index contributed by atoms with van der Waals surface area (Å²) >= 11 is 0. The van der Waals surface area contributed by atoms with E-state index in [-0.39, 0.29) is 6.04 Å². The predicted molar refractivity (Wildman–Crippen MR) is 64.5 cm³/mol. The van der Waals surface area contributed by atoms with Crippen LogP contribution in [0.1, 0.15) is 18.7 Å². The largest absolute Gasteiger partial charge is 0.497 e. The zero-order chi connectivity index (χ0) is 11.7. The number of benzene rings is 1. The minimum absolute atomic E-state index is 0.251. The normalized spacial score (nSPS) is 12.7. The number of furan rings is 1. The van der Waals surface area contributed by atoms with Gasteiger partial charge >= 0.3 is 0 Å². The van der Waals surface area contributed by atoms with Crippen LogP contribution in [0.15, 0.2) is 40.8 Å². The summed E-state index contributed by atoms with van der Waals surface area (Å²) in [5.41, 5.74) is 7.64. The Morgan fingerprint density at radius 1 is 1.44 bits per heavy atom. The molecule has 2 rings (SSSR count). The SMILES string of the molecule is C=C(C)C(N)c1cc2cc(OC)ccc2o1. The van der Waals surface area contributed by atoms with E-state index < -0.39 is 0 Å². The van der Waals surface area contributed by atoms with Crippen molar-refractivity contribution >= 4 is 11.0 Å². The fourth-order valence-electron chi connectivity index (χ4n) is 1.57. The lowest BCUT2D eigenvalue weighted by Gasteiger charge is -2.06. The van der Waals surface area contributed by atoms with Crippen molar-refractivity contribution < 1.29 is 9.15 Å². The highest BCUT2D eigenvalue weighted by Crippen LogP contribution is 2.28. The van der Waals surface area contributed by atoms with E-state index in [4.69, 9.17) is 14.9 Å². The number of hydrogen-bond acceptors (Lipinski definition) is 3. The molecular formula is C13H15NO2. The van der Waals surface area contributed by atoms with Crippen LogP contribution in [0.25, 0.3) is 11.0 Å². The van der Waals surface area contributed by atoms with Crippen LogP contribution in [0.4, 0.5) is 0 Å². The summed E-state index contributed by atoms with van der Waals surface area (Å²) in [5.74, 6) is 1.54. The van der Waals surface area contributed by atoms with E-state index in [0.29, 0.717) is 0 Å². The summed E-state index contributed by atoms with van der Waals surface area (Å²) in [6.45, 7) is 5.71. The maximum absolute atomic E-state index is 5.95. The Morgan fingerprint density at radius 2 is 2.19 bits per heavy atom. The molecule has 0 aliphatic rings. The number of hydrogen-bond donors (Lipinski definition) is 1. The van der Waals surface area contributed by atoms with Gasteiger partial charge in [-0.1, -0.05) is 12.2 Å². The first-order chi connectivity index (χ1) is 7.61. The second-order valence-corrected chi connectivity index (χ2v) is 3.88. The van der Waals surface area contributed by atoms with Gasteiger partial charge in [-0.25, -0.2) is 0 Å². The van der Waals surface area contributed by atoms with Gasteiger partial charge in [-0.15, -0.1) is 0 Å². The summed E-state index contributed by atoms with van der Waals surface area (Å²) in [6.07, 6.45) is 0. The van der Waals surface area contributed by atoms with Gasteiger partial charge in [0.2, 0.25) is 0 Å². The van der Waals surface area contributed by atoms with Gasteiger partial charge < -0.3 is 14.9 Å². The molecule has 0 aliphatic carbocycles. The zero-order valence-electron chi connectivity index (χ0n) is 9.49. The number of fused-ring (bicyclic) bond motifs is 1. The van der Waals surface area contributed by atoms with Gasteiger partial charge in [0.25, 0.3) is 0 Å². The Kier molecular flexibility index (Phi) is 2.71. The third-order valence-corrected chi connectivity index (χ3v) is 2.58. The lowest BCUT2D eigenvalue weighted by atomic mass is 10.1. The standard InChI is InChI=1S/C13H15NO2/c1-8(2)13(14)12-7-9-6-10(15-3)4-5-11(9)16-12/h4-7,13H,1,14H2,2-3H3. The highest BCUT2D eigenvalue weighted by Gasteiger charge is 2.12. The van der Waals surface area contributed by atoms with Crippen LogP contribution in [0.5, 0.6) is 5.75 Å². The molecule has 84 valence electrons. The first kappa shape index (κ1) is 10.8. The molecule has 1 aromatic heterocycles. The maximum atomic E-state index is 5.95. The van der Waals surface area contributed by atoms with Crippen LogP contribution in [0.3, 0.4) is 0 Å². The summed E-state index contributed by atoms with van der Waals surface area (Å²) in [7, 11) is 1.64. The van der Waals surface area contributed by atoms with E-state index >= 15 is 0 Å². The first-order valence-electron chi connectivity index (χ1n) is 5.10. The van der Waals surface area contributed by atoms with Crippen LogP contribution in [-0.4, -0.2) is 7.11 Å².